The lowest BCUT2D eigenvalue weighted by atomic mass is 10.2. The van der Waals surface area contributed by atoms with E-state index >= 15 is 0 Å². The van der Waals surface area contributed by atoms with Gasteiger partial charge in [-0.1, -0.05) is 0 Å². The summed E-state index contributed by atoms with van der Waals surface area (Å²) in [6.07, 6.45) is -4.74. The lowest BCUT2D eigenvalue weighted by Crippen LogP contribution is -2.09. The average Bonchev–Trinajstić information content (AvgIpc) is 2.13. The van der Waals surface area contributed by atoms with Crippen molar-refractivity contribution in [3.8, 4) is 5.75 Å². The molecule has 0 aromatic heterocycles. The first kappa shape index (κ1) is 14.6. The van der Waals surface area contributed by atoms with Crippen molar-refractivity contribution >= 4 is 35.7 Å². The highest BCUT2D eigenvalue weighted by Crippen LogP contribution is 2.42. The highest BCUT2D eigenvalue weighted by atomic mass is 79.9. The molecule has 1 aromatic rings. The summed E-state index contributed by atoms with van der Waals surface area (Å²) in [6.45, 7) is 0. The molecule has 0 bridgehead atoms. The summed E-state index contributed by atoms with van der Waals surface area (Å²) in [5.74, 6) is -0.499. The molecule has 0 radical (unpaired) electrons. The van der Waals surface area contributed by atoms with Crippen LogP contribution in [0.15, 0.2) is 21.5 Å². The minimum atomic E-state index is -4.74. The molecule has 96 valence electrons. The van der Waals surface area contributed by atoms with E-state index in [1.165, 1.54) is 0 Å². The Labute approximate surface area is 108 Å². The summed E-state index contributed by atoms with van der Waals surface area (Å²) in [5.41, 5.74) is -1.21. The monoisotopic (exact) mass is 352 g/mol. The Morgan fingerprint density at radius 1 is 1.35 bits per heavy atom. The van der Waals surface area contributed by atoms with E-state index < -0.39 is 31.4 Å². The lowest BCUT2D eigenvalue weighted by Gasteiger charge is -2.14. The summed E-state index contributed by atoms with van der Waals surface area (Å²) >= 11 is 2.79. The van der Waals surface area contributed by atoms with Crippen LogP contribution in [0.1, 0.15) is 5.56 Å². The van der Waals surface area contributed by atoms with Crippen molar-refractivity contribution < 1.29 is 26.3 Å². The number of rotatable bonds is 2. The van der Waals surface area contributed by atoms with Crippen molar-refractivity contribution in [1.29, 1.82) is 0 Å². The number of hydrogen-bond donors (Lipinski definition) is 0. The molecule has 0 aliphatic carbocycles. The number of halogens is 5. The van der Waals surface area contributed by atoms with E-state index in [9.17, 15) is 21.6 Å². The third-order valence-electron chi connectivity index (χ3n) is 1.81. The second-order valence-electron chi connectivity index (χ2n) is 2.92. The molecule has 0 atom stereocenters. The van der Waals surface area contributed by atoms with Gasteiger partial charge in [-0.3, -0.25) is 0 Å². The van der Waals surface area contributed by atoms with Gasteiger partial charge in [-0.05, 0) is 28.1 Å². The van der Waals surface area contributed by atoms with Crippen LogP contribution in [0.4, 0.5) is 13.2 Å². The fourth-order valence-corrected chi connectivity index (χ4v) is 2.69. The first-order valence-electron chi connectivity index (χ1n) is 3.96. The van der Waals surface area contributed by atoms with Crippen LogP contribution in [0.25, 0.3) is 0 Å². The largest absolute Gasteiger partial charge is 0.495 e. The maximum atomic E-state index is 12.6. The molecule has 0 aliphatic rings. The van der Waals surface area contributed by atoms with Crippen molar-refractivity contribution in [2.75, 3.05) is 7.11 Å². The number of alkyl halides is 3. The Hall–Kier alpha value is -0.470. The van der Waals surface area contributed by atoms with Gasteiger partial charge < -0.3 is 4.74 Å². The molecule has 0 amide bonds. The fraction of sp³-hybridized carbons (Fsp3) is 0.250. The smallest absolute Gasteiger partial charge is 0.420 e. The van der Waals surface area contributed by atoms with Gasteiger partial charge in [-0.2, -0.15) is 13.2 Å². The van der Waals surface area contributed by atoms with Gasteiger partial charge in [0.25, 0.3) is 9.05 Å². The highest BCUT2D eigenvalue weighted by Gasteiger charge is 2.36. The maximum absolute atomic E-state index is 12.6. The molecule has 0 unspecified atom stereocenters. The Kier molecular flexibility index (Phi) is 4.00. The van der Waals surface area contributed by atoms with Crippen LogP contribution in [-0.4, -0.2) is 15.5 Å². The van der Waals surface area contributed by atoms with Crippen LogP contribution >= 0.6 is 26.6 Å². The van der Waals surface area contributed by atoms with Crippen LogP contribution in [0, 0.1) is 0 Å². The molecule has 9 heteroatoms. The molecule has 0 heterocycles. The van der Waals surface area contributed by atoms with Crippen molar-refractivity contribution in [3.63, 3.8) is 0 Å². The topological polar surface area (TPSA) is 43.4 Å². The van der Waals surface area contributed by atoms with Gasteiger partial charge in [0.05, 0.1) is 22.0 Å². The molecule has 1 rings (SSSR count). The third kappa shape index (κ3) is 3.26. The van der Waals surface area contributed by atoms with Crippen LogP contribution in [0.5, 0.6) is 5.75 Å². The molecule has 1 aromatic carbocycles. The molecule has 17 heavy (non-hydrogen) atoms. The predicted octanol–water partition coefficient (Wildman–Crippen LogP) is 3.40. The first-order valence-corrected chi connectivity index (χ1v) is 7.07. The van der Waals surface area contributed by atoms with Gasteiger partial charge in [0.2, 0.25) is 0 Å². The zero-order valence-electron chi connectivity index (χ0n) is 8.18. The van der Waals surface area contributed by atoms with Crippen molar-refractivity contribution in [2.45, 2.75) is 11.1 Å². The number of hydrogen-bond acceptors (Lipinski definition) is 3. The molecule has 0 saturated carbocycles. The molecule has 3 nitrogen and oxygen atoms in total. The summed E-state index contributed by atoms with van der Waals surface area (Å²) in [7, 11) is 1.79. The van der Waals surface area contributed by atoms with Crippen molar-refractivity contribution in [3.05, 3.63) is 22.2 Å². The second-order valence-corrected chi connectivity index (χ2v) is 6.34. The fourth-order valence-electron chi connectivity index (χ4n) is 1.13. The predicted molar refractivity (Wildman–Crippen MR) is 58.7 cm³/mol. The van der Waals surface area contributed by atoms with Gasteiger partial charge in [0.1, 0.15) is 5.75 Å². The van der Waals surface area contributed by atoms with Gasteiger partial charge in [0.15, 0.2) is 0 Å². The summed E-state index contributed by atoms with van der Waals surface area (Å²) in [4.78, 5) is -0.654. The lowest BCUT2D eigenvalue weighted by molar-refractivity contribution is -0.139. The van der Waals surface area contributed by atoms with Crippen molar-refractivity contribution in [2.24, 2.45) is 0 Å². The molecular weight excluding hydrogens is 349 g/mol. The minimum absolute atomic E-state index is 0.144. The number of ether oxygens (including phenoxy) is 1. The third-order valence-corrected chi connectivity index (χ3v) is 3.73. The Bertz CT molecular complexity index is 542. The van der Waals surface area contributed by atoms with Gasteiger partial charge in [-0.25, -0.2) is 8.42 Å². The van der Waals surface area contributed by atoms with Crippen molar-refractivity contribution in [1.82, 2.24) is 0 Å². The molecule has 0 aliphatic heterocycles. The molecule has 0 saturated heterocycles. The molecule has 0 fully saturated rings. The second kappa shape index (κ2) is 4.66. The van der Waals surface area contributed by atoms with E-state index in [0.29, 0.717) is 6.07 Å². The molecular formula is C8H5BrClF3O3S. The van der Waals surface area contributed by atoms with Crippen LogP contribution < -0.4 is 4.74 Å². The Morgan fingerprint density at radius 3 is 2.24 bits per heavy atom. The van der Waals surface area contributed by atoms with E-state index in [1.54, 1.807) is 0 Å². The Morgan fingerprint density at radius 2 is 1.88 bits per heavy atom. The van der Waals surface area contributed by atoms with E-state index in [-0.39, 0.29) is 4.47 Å². The van der Waals surface area contributed by atoms with Crippen LogP contribution in [0.2, 0.25) is 0 Å². The summed E-state index contributed by atoms with van der Waals surface area (Å²) < 4.78 is 64.4. The van der Waals surface area contributed by atoms with E-state index in [4.69, 9.17) is 10.7 Å². The number of benzene rings is 1. The molecule has 0 spiro atoms. The van der Waals surface area contributed by atoms with Gasteiger partial charge >= 0.3 is 6.18 Å². The zero-order valence-corrected chi connectivity index (χ0v) is 11.3. The zero-order chi connectivity index (χ0) is 13.4. The van der Waals surface area contributed by atoms with Crippen LogP contribution in [0.3, 0.4) is 0 Å². The first-order chi connectivity index (χ1) is 7.57. The normalized spacial score (nSPS) is 12.6. The number of methoxy groups -OCH3 is 1. The van der Waals surface area contributed by atoms with Gasteiger partial charge in [0, 0.05) is 10.7 Å². The standard InChI is InChI=1S/C8H5BrClF3O3S/c1-16-7-5(8(11,12)13)2-4(3-6(7)9)17(10,14)15/h2-3H,1H3. The van der Waals surface area contributed by atoms with E-state index in [2.05, 4.69) is 20.7 Å². The minimum Gasteiger partial charge on any atom is -0.495 e. The van der Waals surface area contributed by atoms with Crippen LogP contribution in [-0.2, 0) is 15.2 Å². The van der Waals surface area contributed by atoms with E-state index in [0.717, 1.165) is 13.2 Å². The van der Waals surface area contributed by atoms with Gasteiger partial charge in [-0.15, -0.1) is 0 Å². The SMILES string of the molecule is COc1c(Br)cc(S(=O)(=O)Cl)cc1C(F)(F)F. The molecule has 0 N–H and O–H groups in total. The Balaban J connectivity index is 3.62. The summed E-state index contributed by atoms with van der Waals surface area (Å²) in [5, 5.41) is 0. The highest BCUT2D eigenvalue weighted by molar-refractivity contribution is 9.10. The quantitative estimate of drug-likeness (QED) is 0.765. The maximum Gasteiger partial charge on any atom is 0.420 e. The summed E-state index contributed by atoms with van der Waals surface area (Å²) in [6, 6.07) is 1.36. The average molecular weight is 354 g/mol. The van der Waals surface area contributed by atoms with E-state index in [1.807, 2.05) is 0 Å².